The fourth-order valence-corrected chi connectivity index (χ4v) is 2.33. The summed E-state index contributed by atoms with van der Waals surface area (Å²) in [5, 5.41) is 9.06. The molecule has 21 heavy (non-hydrogen) atoms. The molecule has 0 bridgehead atoms. The molecule has 0 aromatic heterocycles. The molecule has 1 aromatic carbocycles. The number of allylic oxidation sites excluding steroid dienone is 2. The first-order valence-electron chi connectivity index (χ1n) is 7.84. The summed E-state index contributed by atoms with van der Waals surface area (Å²) in [6.07, 6.45) is 3.71. The highest BCUT2D eigenvalue weighted by atomic mass is 14.3. The molecule has 0 aliphatic rings. The van der Waals surface area contributed by atoms with Crippen molar-refractivity contribution in [1.82, 2.24) is 0 Å². The van der Waals surface area contributed by atoms with Crippen molar-refractivity contribution in [2.45, 2.75) is 72.1 Å². The van der Waals surface area contributed by atoms with E-state index >= 15 is 0 Å². The van der Waals surface area contributed by atoms with Gasteiger partial charge in [0.15, 0.2) is 0 Å². The van der Waals surface area contributed by atoms with Crippen LogP contribution in [-0.4, -0.2) is 0 Å². The summed E-state index contributed by atoms with van der Waals surface area (Å²) >= 11 is 0. The van der Waals surface area contributed by atoms with Gasteiger partial charge in [-0.25, -0.2) is 0 Å². The first-order chi connectivity index (χ1) is 9.59. The van der Waals surface area contributed by atoms with Crippen molar-refractivity contribution >= 4 is 5.57 Å². The smallest absolute Gasteiger partial charge is 0.0915 e. The van der Waals surface area contributed by atoms with Crippen molar-refractivity contribution in [3.8, 4) is 6.07 Å². The van der Waals surface area contributed by atoms with E-state index in [4.69, 9.17) is 5.26 Å². The number of hydrogen-bond donors (Lipinski definition) is 0. The summed E-state index contributed by atoms with van der Waals surface area (Å²) in [6.45, 7) is 15.6. The molecule has 1 heteroatoms. The zero-order chi connectivity index (χ0) is 16.3. The van der Waals surface area contributed by atoms with Gasteiger partial charge in [0.05, 0.1) is 6.07 Å². The van der Waals surface area contributed by atoms with E-state index in [2.05, 4.69) is 72.7 Å². The van der Waals surface area contributed by atoms with Crippen LogP contribution in [0, 0.1) is 11.3 Å². The van der Waals surface area contributed by atoms with E-state index in [0.29, 0.717) is 0 Å². The van der Waals surface area contributed by atoms with Gasteiger partial charge in [-0.2, -0.15) is 5.26 Å². The van der Waals surface area contributed by atoms with Crippen LogP contribution >= 0.6 is 0 Å². The average Bonchev–Trinajstić information content (AvgIpc) is 2.36. The van der Waals surface area contributed by atoms with Crippen molar-refractivity contribution < 1.29 is 0 Å². The van der Waals surface area contributed by atoms with E-state index in [1.54, 1.807) is 6.08 Å². The number of benzene rings is 1. The monoisotopic (exact) mass is 283 g/mol. The summed E-state index contributed by atoms with van der Waals surface area (Å²) in [5.41, 5.74) is 5.25. The summed E-state index contributed by atoms with van der Waals surface area (Å²) in [5.74, 6) is 0. The van der Waals surface area contributed by atoms with Gasteiger partial charge in [-0.1, -0.05) is 73.1 Å². The SMILES string of the molecule is CCCC(=CC#N)c1cc(C(C)(C)C)cc(C(C)(C)C)c1. The molecule has 114 valence electrons. The summed E-state index contributed by atoms with van der Waals surface area (Å²) in [4.78, 5) is 0. The van der Waals surface area contributed by atoms with Crippen molar-refractivity contribution in [2.24, 2.45) is 0 Å². The Bertz CT molecular complexity index is 525. The third-order valence-corrected chi connectivity index (χ3v) is 3.79. The largest absolute Gasteiger partial charge is 0.193 e. The molecule has 1 aromatic rings. The predicted molar refractivity (Wildman–Crippen MR) is 92.3 cm³/mol. The minimum Gasteiger partial charge on any atom is -0.193 e. The Labute approximate surface area is 130 Å². The van der Waals surface area contributed by atoms with Gasteiger partial charge >= 0.3 is 0 Å². The Balaban J connectivity index is 3.52. The molecule has 0 saturated heterocycles. The fraction of sp³-hybridized carbons (Fsp3) is 0.550. The average molecular weight is 283 g/mol. The Kier molecular flexibility index (Phi) is 5.40. The third-order valence-electron chi connectivity index (χ3n) is 3.79. The second-order valence-electron chi connectivity index (χ2n) is 7.85. The summed E-state index contributed by atoms with van der Waals surface area (Å²) in [6, 6.07) is 9.04. The Morgan fingerprint density at radius 2 is 1.48 bits per heavy atom. The molecule has 0 heterocycles. The molecule has 0 saturated carbocycles. The first kappa shape index (κ1) is 17.5. The quantitative estimate of drug-likeness (QED) is 0.625. The number of nitrogens with zero attached hydrogens (tertiary/aromatic N) is 1. The molecule has 0 atom stereocenters. The maximum atomic E-state index is 9.06. The van der Waals surface area contributed by atoms with Crippen LogP contribution in [0.5, 0.6) is 0 Å². The normalized spacial score (nSPS) is 13.1. The second kappa shape index (κ2) is 6.48. The Hall–Kier alpha value is -1.55. The number of nitriles is 1. The van der Waals surface area contributed by atoms with Crippen LogP contribution in [0.1, 0.15) is 78.0 Å². The minimum atomic E-state index is 0.111. The Morgan fingerprint density at radius 1 is 1.00 bits per heavy atom. The second-order valence-corrected chi connectivity index (χ2v) is 7.85. The molecule has 0 amide bonds. The molecule has 0 fully saturated rings. The van der Waals surface area contributed by atoms with Crippen molar-refractivity contribution in [3.05, 3.63) is 41.0 Å². The van der Waals surface area contributed by atoms with Gasteiger partial charge in [0.2, 0.25) is 0 Å². The van der Waals surface area contributed by atoms with Crippen LogP contribution in [-0.2, 0) is 10.8 Å². The molecule has 1 rings (SSSR count). The minimum absolute atomic E-state index is 0.111. The van der Waals surface area contributed by atoms with Crippen LogP contribution in [0.15, 0.2) is 24.3 Å². The van der Waals surface area contributed by atoms with E-state index in [9.17, 15) is 0 Å². The summed E-state index contributed by atoms with van der Waals surface area (Å²) < 4.78 is 0. The zero-order valence-electron chi connectivity index (χ0n) is 14.7. The van der Waals surface area contributed by atoms with Crippen molar-refractivity contribution in [3.63, 3.8) is 0 Å². The molecule has 0 spiro atoms. The lowest BCUT2D eigenvalue weighted by molar-refractivity contribution is 0.568. The lowest BCUT2D eigenvalue weighted by Gasteiger charge is -2.26. The van der Waals surface area contributed by atoms with Crippen molar-refractivity contribution in [2.75, 3.05) is 0 Å². The third kappa shape index (κ3) is 4.74. The van der Waals surface area contributed by atoms with Crippen LogP contribution in [0.2, 0.25) is 0 Å². The lowest BCUT2D eigenvalue weighted by Crippen LogP contribution is -2.17. The van der Waals surface area contributed by atoms with E-state index < -0.39 is 0 Å². The highest BCUT2D eigenvalue weighted by Gasteiger charge is 2.21. The van der Waals surface area contributed by atoms with E-state index in [1.807, 2.05) is 0 Å². The zero-order valence-corrected chi connectivity index (χ0v) is 14.7. The van der Waals surface area contributed by atoms with E-state index in [1.165, 1.54) is 16.7 Å². The topological polar surface area (TPSA) is 23.8 Å². The molecule has 0 N–H and O–H groups in total. The lowest BCUT2D eigenvalue weighted by atomic mass is 9.78. The van der Waals surface area contributed by atoms with Gasteiger partial charge in [0.1, 0.15) is 0 Å². The number of rotatable bonds is 3. The number of hydrogen-bond acceptors (Lipinski definition) is 1. The highest BCUT2D eigenvalue weighted by Crippen LogP contribution is 2.33. The fourth-order valence-electron chi connectivity index (χ4n) is 2.33. The van der Waals surface area contributed by atoms with Gasteiger partial charge in [-0.3, -0.25) is 0 Å². The molecular weight excluding hydrogens is 254 g/mol. The molecule has 0 aliphatic carbocycles. The predicted octanol–water partition coefficient (Wildman–Crippen LogP) is 5.99. The Morgan fingerprint density at radius 3 is 1.81 bits per heavy atom. The first-order valence-corrected chi connectivity index (χ1v) is 7.84. The maximum absolute atomic E-state index is 9.06. The van der Waals surface area contributed by atoms with Gasteiger partial charge < -0.3 is 0 Å². The maximum Gasteiger partial charge on any atom is 0.0915 e. The van der Waals surface area contributed by atoms with E-state index in [0.717, 1.165) is 18.4 Å². The van der Waals surface area contributed by atoms with Crippen LogP contribution < -0.4 is 0 Å². The molecule has 0 unspecified atom stereocenters. The van der Waals surface area contributed by atoms with Gasteiger partial charge in [0, 0.05) is 6.08 Å². The molecule has 1 nitrogen and oxygen atoms in total. The molecular formula is C20H29N. The molecule has 0 radical (unpaired) electrons. The van der Waals surface area contributed by atoms with Gasteiger partial charge in [-0.15, -0.1) is 0 Å². The van der Waals surface area contributed by atoms with Crippen LogP contribution in [0.4, 0.5) is 0 Å². The van der Waals surface area contributed by atoms with Gasteiger partial charge in [-0.05, 0) is 39.5 Å². The van der Waals surface area contributed by atoms with Crippen molar-refractivity contribution in [1.29, 1.82) is 5.26 Å². The van der Waals surface area contributed by atoms with E-state index in [-0.39, 0.29) is 10.8 Å². The summed E-state index contributed by atoms with van der Waals surface area (Å²) in [7, 11) is 0. The van der Waals surface area contributed by atoms with Crippen LogP contribution in [0.3, 0.4) is 0 Å². The molecule has 0 aliphatic heterocycles. The standard InChI is InChI=1S/C20H29N/c1-8-9-15(10-11-21)16-12-17(19(2,3)4)14-18(13-16)20(5,6)7/h10,12-14H,8-9H2,1-7H3. The van der Waals surface area contributed by atoms with Crippen LogP contribution in [0.25, 0.3) is 5.57 Å². The van der Waals surface area contributed by atoms with Gasteiger partial charge in [0.25, 0.3) is 0 Å². The highest BCUT2D eigenvalue weighted by molar-refractivity contribution is 5.69.